The number of rotatable bonds is 4. The first-order valence-corrected chi connectivity index (χ1v) is 6.90. The second kappa shape index (κ2) is 5.97. The van der Waals surface area contributed by atoms with E-state index in [1.54, 1.807) is 23.6 Å². The quantitative estimate of drug-likeness (QED) is 0.815. The maximum Gasteiger partial charge on any atom is 0.239 e. The first-order valence-electron chi connectivity index (χ1n) is 6.02. The molecule has 98 valence electrons. The predicted molar refractivity (Wildman–Crippen MR) is 73.7 cm³/mol. The fourth-order valence-electron chi connectivity index (χ4n) is 2.01. The molecule has 2 N–H and O–H groups in total. The number of amides is 1. The molecule has 1 aliphatic heterocycles. The Morgan fingerprint density at radius 1 is 1.56 bits per heavy atom. The molecule has 2 heterocycles. The summed E-state index contributed by atoms with van der Waals surface area (Å²) in [6, 6.07) is -0.450. The molecule has 2 rings (SSSR count). The molecule has 0 bridgehead atoms. The molecule has 0 radical (unpaired) electrons. The van der Waals surface area contributed by atoms with Crippen LogP contribution in [-0.4, -0.2) is 48.0 Å². The fraction of sp³-hybridized carbons (Fsp3) is 0.500. The van der Waals surface area contributed by atoms with E-state index >= 15 is 0 Å². The van der Waals surface area contributed by atoms with Gasteiger partial charge in [-0.05, 0) is 6.42 Å². The highest BCUT2D eigenvalue weighted by molar-refractivity contribution is 7.13. The highest BCUT2D eigenvalue weighted by atomic mass is 32.1. The van der Waals surface area contributed by atoms with Gasteiger partial charge in [0.15, 0.2) is 5.13 Å². The molecular weight excluding hydrogens is 248 g/mol. The second-order valence-corrected chi connectivity index (χ2v) is 5.13. The van der Waals surface area contributed by atoms with Gasteiger partial charge < -0.3 is 15.5 Å². The summed E-state index contributed by atoms with van der Waals surface area (Å²) in [7, 11) is 0. The normalized spacial score (nSPS) is 17.6. The van der Waals surface area contributed by atoms with E-state index in [9.17, 15) is 4.79 Å². The topological polar surface area (TPSA) is 62.5 Å². The number of piperazine rings is 1. The average Bonchev–Trinajstić information content (AvgIpc) is 2.92. The predicted octanol–water partition coefficient (Wildman–Crippen LogP) is 0.695. The Hall–Kier alpha value is -1.40. The maximum atomic E-state index is 12.0. The number of aromatic nitrogens is 1. The molecule has 1 aromatic heterocycles. The van der Waals surface area contributed by atoms with E-state index < -0.39 is 6.04 Å². The van der Waals surface area contributed by atoms with E-state index in [0.717, 1.165) is 18.2 Å². The standard InChI is InChI=1S/C12H18N4OS/c1-2-3-10(13)11(17)15-5-7-16(8-6-15)12-14-4-9-18-12/h2,4,9-10H,1,3,5-8,13H2. The molecule has 1 aromatic rings. The van der Waals surface area contributed by atoms with E-state index in [4.69, 9.17) is 5.73 Å². The number of thiazole rings is 1. The van der Waals surface area contributed by atoms with Crippen molar-refractivity contribution in [2.24, 2.45) is 5.73 Å². The van der Waals surface area contributed by atoms with E-state index in [1.165, 1.54) is 0 Å². The van der Waals surface area contributed by atoms with Crippen LogP contribution in [0.25, 0.3) is 0 Å². The zero-order chi connectivity index (χ0) is 13.0. The van der Waals surface area contributed by atoms with Crippen LogP contribution in [0.4, 0.5) is 5.13 Å². The van der Waals surface area contributed by atoms with Gasteiger partial charge in [-0.1, -0.05) is 6.08 Å². The number of hydrogen-bond donors (Lipinski definition) is 1. The Kier molecular flexibility index (Phi) is 4.33. The molecule has 1 saturated heterocycles. The van der Waals surface area contributed by atoms with E-state index in [1.807, 2.05) is 10.3 Å². The van der Waals surface area contributed by atoms with Crippen LogP contribution in [0.5, 0.6) is 0 Å². The van der Waals surface area contributed by atoms with Gasteiger partial charge in [-0.2, -0.15) is 0 Å². The van der Waals surface area contributed by atoms with Crippen LogP contribution in [-0.2, 0) is 4.79 Å². The van der Waals surface area contributed by atoms with Crippen molar-refractivity contribution in [3.8, 4) is 0 Å². The van der Waals surface area contributed by atoms with Gasteiger partial charge in [0.05, 0.1) is 6.04 Å². The molecule has 1 aliphatic rings. The lowest BCUT2D eigenvalue weighted by Crippen LogP contribution is -2.53. The lowest BCUT2D eigenvalue weighted by Gasteiger charge is -2.35. The van der Waals surface area contributed by atoms with Crippen molar-refractivity contribution in [3.05, 3.63) is 24.2 Å². The first-order chi connectivity index (χ1) is 8.72. The SMILES string of the molecule is C=CCC(N)C(=O)N1CCN(c2nccs2)CC1. The van der Waals surface area contributed by atoms with Gasteiger partial charge in [0.1, 0.15) is 0 Å². The highest BCUT2D eigenvalue weighted by Gasteiger charge is 2.25. The summed E-state index contributed by atoms with van der Waals surface area (Å²) in [5.41, 5.74) is 5.80. The Labute approximate surface area is 111 Å². The molecule has 0 saturated carbocycles. The van der Waals surface area contributed by atoms with Crippen LogP contribution in [0.2, 0.25) is 0 Å². The zero-order valence-corrected chi connectivity index (χ0v) is 11.1. The van der Waals surface area contributed by atoms with E-state index in [2.05, 4.69) is 16.5 Å². The minimum Gasteiger partial charge on any atom is -0.345 e. The van der Waals surface area contributed by atoms with Crippen LogP contribution in [0, 0.1) is 0 Å². The van der Waals surface area contributed by atoms with Crippen LogP contribution in [0.3, 0.4) is 0 Å². The van der Waals surface area contributed by atoms with Gasteiger partial charge in [-0.15, -0.1) is 17.9 Å². The van der Waals surface area contributed by atoms with Crippen molar-refractivity contribution < 1.29 is 4.79 Å². The van der Waals surface area contributed by atoms with Gasteiger partial charge in [-0.25, -0.2) is 4.98 Å². The zero-order valence-electron chi connectivity index (χ0n) is 10.3. The summed E-state index contributed by atoms with van der Waals surface area (Å²) in [4.78, 5) is 20.3. The van der Waals surface area contributed by atoms with Crippen molar-refractivity contribution in [2.75, 3.05) is 31.1 Å². The van der Waals surface area contributed by atoms with E-state index in [0.29, 0.717) is 19.5 Å². The molecule has 6 heteroatoms. The fourth-order valence-corrected chi connectivity index (χ4v) is 2.70. The van der Waals surface area contributed by atoms with Crippen LogP contribution < -0.4 is 10.6 Å². The van der Waals surface area contributed by atoms with Crippen LogP contribution in [0.1, 0.15) is 6.42 Å². The monoisotopic (exact) mass is 266 g/mol. The van der Waals surface area contributed by atoms with Crippen molar-refractivity contribution in [2.45, 2.75) is 12.5 Å². The minimum absolute atomic E-state index is 0.0219. The van der Waals surface area contributed by atoms with Crippen LogP contribution >= 0.6 is 11.3 Å². The lowest BCUT2D eigenvalue weighted by atomic mass is 10.2. The Morgan fingerprint density at radius 3 is 2.83 bits per heavy atom. The molecule has 5 nitrogen and oxygen atoms in total. The summed E-state index contributed by atoms with van der Waals surface area (Å²) in [6.07, 6.45) is 4.03. The molecule has 1 amide bonds. The van der Waals surface area contributed by atoms with Crippen molar-refractivity contribution in [1.29, 1.82) is 0 Å². The number of carbonyl (C=O) groups is 1. The Balaban J connectivity index is 1.86. The highest BCUT2D eigenvalue weighted by Crippen LogP contribution is 2.19. The Bertz CT molecular complexity index is 398. The largest absolute Gasteiger partial charge is 0.345 e. The first kappa shape index (κ1) is 13.0. The number of carbonyl (C=O) groups excluding carboxylic acids is 1. The van der Waals surface area contributed by atoms with Crippen molar-refractivity contribution in [3.63, 3.8) is 0 Å². The van der Waals surface area contributed by atoms with Gasteiger partial charge in [0, 0.05) is 37.8 Å². The van der Waals surface area contributed by atoms with Crippen molar-refractivity contribution in [1.82, 2.24) is 9.88 Å². The smallest absolute Gasteiger partial charge is 0.239 e. The van der Waals surface area contributed by atoms with Gasteiger partial charge in [0.25, 0.3) is 0 Å². The molecular formula is C12H18N4OS. The van der Waals surface area contributed by atoms with Crippen LogP contribution in [0.15, 0.2) is 24.2 Å². The third-order valence-electron chi connectivity index (χ3n) is 3.02. The molecule has 0 spiro atoms. The molecule has 0 aromatic carbocycles. The third-order valence-corrected chi connectivity index (χ3v) is 3.85. The maximum absolute atomic E-state index is 12.0. The molecule has 1 unspecified atom stereocenters. The number of anilines is 1. The summed E-state index contributed by atoms with van der Waals surface area (Å²) in [5, 5.41) is 2.99. The van der Waals surface area contributed by atoms with Gasteiger partial charge in [-0.3, -0.25) is 4.79 Å². The van der Waals surface area contributed by atoms with Gasteiger partial charge >= 0.3 is 0 Å². The number of nitrogens with zero attached hydrogens (tertiary/aromatic N) is 3. The summed E-state index contributed by atoms with van der Waals surface area (Å²) in [5.74, 6) is 0.0219. The molecule has 0 aliphatic carbocycles. The average molecular weight is 266 g/mol. The molecule has 18 heavy (non-hydrogen) atoms. The summed E-state index contributed by atoms with van der Waals surface area (Å²) < 4.78 is 0. The summed E-state index contributed by atoms with van der Waals surface area (Å²) >= 11 is 1.63. The second-order valence-electron chi connectivity index (χ2n) is 4.26. The van der Waals surface area contributed by atoms with Gasteiger partial charge in [0.2, 0.25) is 5.91 Å². The lowest BCUT2D eigenvalue weighted by molar-refractivity contribution is -0.132. The number of nitrogens with two attached hydrogens (primary N) is 1. The van der Waals surface area contributed by atoms with Crippen molar-refractivity contribution >= 4 is 22.4 Å². The third kappa shape index (κ3) is 2.88. The molecule has 1 atom stereocenters. The summed E-state index contributed by atoms with van der Waals surface area (Å²) in [6.45, 7) is 6.67. The van der Waals surface area contributed by atoms with E-state index in [-0.39, 0.29) is 5.91 Å². The Morgan fingerprint density at radius 2 is 2.28 bits per heavy atom. The number of hydrogen-bond acceptors (Lipinski definition) is 5. The minimum atomic E-state index is -0.450. The molecule has 1 fully saturated rings.